The Labute approximate surface area is 189 Å². The van der Waals surface area contributed by atoms with E-state index in [0.29, 0.717) is 61.4 Å². The van der Waals surface area contributed by atoms with Crippen LogP contribution in [0, 0.1) is 5.82 Å². The molecule has 1 fully saturated rings. The number of nitrogens with one attached hydrogen (secondary N) is 3. The Bertz CT molecular complexity index is 1240. The van der Waals surface area contributed by atoms with E-state index < -0.39 is 11.7 Å². The highest BCUT2D eigenvalue weighted by atomic mass is 19.1. The van der Waals surface area contributed by atoms with Crippen LogP contribution in [0.3, 0.4) is 0 Å². The summed E-state index contributed by atoms with van der Waals surface area (Å²) in [7, 11) is 1.79. The van der Waals surface area contributed by atoms with Gasteiger partial charge in [0.15, 0.2) is 5.82 Å². The van der Waals surface area contributed by atoms with Gasteiger partial charge in [0.25, 0.3) is 11.5 Å². The number of fused-ring (bicyclic) bond motifs is 1. The second-order valence-electron chi connectivity index (χ2n) is 7.79. The van der Waals surface area contributed by atoms with Crippen LogP contribution in [0.4, 0.5) is 15.9 Å². The topological polar surface area (TPSA) is 110 Å². The lowest BCUT2D eigenvalue weighted by molar-refractivity contribution is -0.132. The lowest BCUT2D eigenvalue weighted by atomic mass is 10.1. The van der Waals surface area contributed by atoms with Gasteiger partial charge < -0.3 is 20.4 Å². The molecule has 0 saturated carbocycles. The van der Waals surface area contributed by atoms with Crippen LogP contribution in [0.2, 0.25) is 0 Å². The van der Waals surface area contributed by atoms with E-state index in [4.69, 9.17) is 0 Å². The van der Waals surface area contributed by atoms with E-state index in [-0.39, 0.29) is 17.0 Å². The SMILES string of the molecule is CNCCC(=O)N1CCN(C(=O)c2cc(Nc3n[nH]c(=O)c4ccccc34)ccc2F)CC1. The largest absolute Gasteiger partial charge is 0.339 e. The molecule has 0 bridgehead atoms. The van der Waals surface area contributed by atoms with Crippen molar-refractivity contribution in [1.29, 1.82) is 0 Å². The highest BCUT2D eigenvalue weighted by Crippen LogP contribution is 2.24. The second kappa shape index (κ2) is 9.78. The molecule has 1 saturated heterocycles. The maximum absolute atomic E-state index is 14.6. The molecular formula is C23H25FN6O3. The van der Waals surface area contributed by atoms with Gasteiger partial charge in [0.05, 0.1) is 10.9 Å². The minimum absolute atomic E-state index is 0.0365. The first-order valence-electron chi connectivity index (χ1n) is 10.7. The van der Waals surface area contributed by atoms with E-state index in [1.807, 2.05) is 0 Å². The van der Waals surface area contributed by atoms with Crippen LogP contribution in [-0.4, -0.2) is 71.6 Å². The summed E-state index contributed by atoms with van der Waals surface area (Å²) in [5, 5.41) is 13.6. The van der Waals surface area contributed by atoms with Gasteiger partial charge in [-0.15, -0.1) is 0 Å². The molecule has 172 valence electrons. The molecule has 4 rings (SSSR count). The summed E-state index contributed by atoms with van der Waals surface area (Å²) in [6.07, 6.45) is 0.403. The van der Waals surface area contributed by atoms with Crippen LogP contribution in [0.5, 0.6) is 0 Å². The van der Waals surface area contributed by atoms with Crippen LogP contribution in [0.25, 0.3) is 10.8 Å². The van der Waals surface area contributed by atoms with Crippen LogP contribution in [0.15, 0.2) is 47.3 Å². The Morgan fingerprint density at radius 2 is 1.76 bits per heavy atom. The second-order valence-corrected chi connectivity index (χ2v) is 7.79. The lowest BCUT2D eigenvalue weighted by Crippen LogP contribution is -2.51. The molecule has 0 aliphatic carbocycles. The standard InChI is InChI=1S/C23H25FN6O3/c1-25-9-8-20(31)29-10-12-30(13-11-29)23(33)18-14-15(6-7-19(18)24)26-21-16-4-2-3-5-17(16)22(32)28-27-21/h2-7,14,25H,8-13H2,1H3,(H,26,27)(H,28,32). The van der Waals surface area contributed by atoms with Crippen LogP contribution >= 0.6 is 0 Å². The molecule has 1 aliphatic heterocycles. The van der Waals surface area contributed by atoms with Gasteiger partial charge in [0.2, 0.25) is 5.91 Å². The molecule has 3 N–H and O–H groups in total. The van der Waals surface area contributed by atoms with Crippen LogP contribution < -0.4 is 16.2 Å². The molecule has 2 aromatic carbocycles. The number of anilines is 2. The third-order valence-electron chi connectivity index (χ3n) is 5.66. The molecule has 33 heavy (non-hydrogen) atoms. The average Bonchev–Trinajstić information content (AvgIpc) is 2.85. The van der Waals surface area contributed by atoms with Crippen molar-refractivity contribution in [3.8, 4) is 0 Å². The predicted molar refractivity (Wildman–Crippen MR) is 123 cm³/mol. The number of H-pyrrole nitrogens is 1. The number of aromatic amines is 1. The summed E-state index contributed by atoms with van der Waals surface area (Å²) >= 11 is 0. The van der Waals surface area contributed by atoms with Crippen molar-refractivity contribution in [2.75, 3.05) is 45.1 Å². The van der Waals surface area contributed by atoms with Crippen molar-refractivity contribution < 1.29 is 14.0 Å². The van der Waals surface area contributed by atoms with Gasteiger partial charge >= 0.3 is 0 Å². The number of aromatic nitrogens is 2. The molecule has 9 nitrogen and oxygen atoms in total. The molecule has 0 radical (unpaired) electrons. The molecule has 2 heterocycles. The van der Waals surface area contributed by atoms with E-state index in [9.17, 15) is 18.8 Å². The summed E-state index contributed by atoms with van der Waals surface area (Å²) in [5.74, 6) is -0.631. The zero-order valence-corrected chi connectivity index (χ0v) is 18.2. The monoisotopic (exact) mass is 452 g/mol. The third-order valence-corrected chi connectivity index (χ3v) is 5.66. The maximum Gasteiger partial charge on any atom is 0.272 e. The number of halogens is 1. The van der Waals surface area contributed by atoms with Gasteiger partial charge in [-0.3, -0.25) is 14.4 Å². The van der Waals surface area contributed by atoms with Crippen LogP contribution in [-0.2, 0) is 4.79 Å². The van der Waals surface area contributed by atoms with E-state index in [1.165, 1.54) is 18.2 Å². The summed E-state index contributed by atoms with van der Waals surface area (Å²) in [4.78, 5) is 40.5. The molecule has 0 unspecified atom stereocenters. The minimum Gasteiger partial charge on any atom is -0.339 e. The Morgan fingerprint density at radius 1 is 1.06 bits per heavy atom. The lowest BCUT2D eigenvalue weighted by Gasteiger charge is -2.35. The van der Waals surface area contributed by atoms with E-state index in [2.05, 4.69) is 20.8 Å². The Hall–Kier alpha value is -3.79. The Balaban J connectivity index is 1.49. The van der Waals surface area contributed by atoms with Crippen molar-refractivity contribution in [2.24, 2.45) is 0 Å². The van der Waals surface area contributed by atoms with Crippen LogP contribution in [0.1, 0.15) is 16.8 Å². The number of piperazine rings is 1. The molecule has 3 aromatic rings. The van der Waals surface area contributed by atoms with Gasteiger partial charge in [0.1, 0.15) is 5.82 Å². The van der Waals surface area contributed by atoms with Crippen molar-refractivity contribution in [1.82, 2.24) is 25.3 Å². The number of amides is 2. The zero-order valence-electron chi connectivity index (χ0n) is 18.2. The fourth-order valence-electron chi connectivity index (χ4n) is 3.83. The molecule has 2 amide bonds. The number of rotatable bonds is 6. The Kier molecular flexibility index (Phi) is 6.64. The normalized spacial score (nSPS) is 13.9. The molecule has 0 atom stereocenters. The smallest absolute Gasteiger partial charge is 0.272 e. The number of hydrogen-bond donors (Lipinski definition) is 3. The number of benzene rings is 2. The molecule has 0 spiro atoms. The highest BCUT2D eigenvalue weighted by Gasteiger charge is 2.26. The zero-order chi connectivity index (χ0) is 23.4. The van der Waals surface area contributed by atoms with E-state index in [0.717, 1.165) is 0 Å². The number of carbonyl (C=O) groups is 2. The predicted octanol–water partition coefficient (Wildman–Crippen LogP) is 1.70. The maximum atomic E-state index is 14.6. The van der Waals surface area contributed by atoms with Gasteiger partial charge in [-0.05, 0) is 31.3 Å². The molecular weight excluding hydrogens is 427 g/mol. The summed E-state index contributed by atoms with van der Waals surface area (Å²) in [6.45, 7) is 2.12. The summed E-state index contributed by atoms with van der Waals surface area (Å²) in [6, 6.07) is 11.1. The fraction of sp³-hybridized carbons (Fsp3) is 0.304. The highest BCUT2D eigenvalue weighted by molar-refractivity contribution is 5.97. The number of hydrogen-bond acceptors (Lipinski definition) is 6. The minimum atomic E-state index is -0.627. The quantitative estimate of drug-likeness (QED) is 0.525. The Morgan fingerprint density at radius 3 is 2.48 bits per heavy atom. The summed E-state index contributed by atoms with van der Waals surface area (Å²) < 4.78 is 14.6. The fourth-order valence-corrected chi connectivity index (χ4v) is 3.83. The van der Waals surface area contributed by atoms with E-state index >= 15 is 0 Å². The van der Waals surface area contributed by atoms with Gasteiger partial charge in [-0.25, -0.2) is 9.49 Å². The average molecular weight is 452 g/mol. The van der Waals surface area contributed by atoms with E-state index in [1.54, 1.807) is 41.1 Å². The first kappa shape index (κ1) is 22.4. The summed E-state index contributed by atoms with van der Waals surface area (Å²) in [5.41, 5.74) is 0.0868. The van der Waals surface area contributed by atoms with Crippen molar-refractivity contribution in [3.63, 3.8) is 0 Å². The first-order valence-corrected chi connectivity index (χ1v) is 10.7. The van der Waals surface area contributed by atoms with Gasteiger partial charge in [-0.2, -0.15) is 5.10 Å². The van der Waals surface area contributed by atoms with Gasteiger partial charge in [0, 0.05) is 50.2 Å². The molecule has 1 aliphatic rings. The first-order chi connectivity index (χ1) is 16.0. The third kappa shape index (κ3) is 4.85. The molecule has 1 aromatic heterocycles. The van der Waals surface area contributed by atoms with Crippen molar-refractivity contribution in [2.45, 2.75) is 6.42 Å². The molecule has 10 heteroatoms. The number of nitrogens with zero attached hydrogens (tertiary/aromatic N) is 3. The number of carbonyl (C=O) groups excluding carboxylic acids is 2. The van der Waals surface area contributed by atoms with Crippen molar-refractivity contribution in [3.05, 3.63) is 64.2 Å². The van der Waals surface area contributed by atoms with Crippen molar-refractivity contribution >= 4 is 34.1 Å². The van der Waals surface area contributed by atoms with Gasteiger partial charge in [-0.1, -0.05) is 18.2 Å².